The van der Waals surface area contributed by atoms with E-state index in [2.05, 4.69) is 24.5 Å². The Labute approximate surface area is 142 Å². The van der Waals surface area contributed by atoms with E-state index in [1.165, 1.54) is 44.9 Å². The van der Waals surface area contributed by atoms with Gasteiger partial charge in [-0.3, -0.25) is 0 Å². The smallest absolute Gasteiger partial charge is 0.407 e. The molecule has 4 nitrogen and oxygen atoms in total. The summed E-state index contributed by atoms with van der Waals surface area (Å²) in [5, 5.41) is 6.87. The molecule has 0 bridgehead atoms. The van der Waals surface area contributed by atoms with Crippen molar-refractivity contribution in [3.63, 3.8) is 0 Å². The van der Waals surface area contributed by atoms with Crippen LogP contribution in [0.5, 0.6) is 0 Å². The molecule has 2 aliphatic carbocycles. The molecule has 23 heavy (non-hydrogen) atoms. The zero-order valence-electron chi connectivity index (χ0n) is 15.7. The molecular weight excluding hydrogens is 288 g/mol. The van der Waals surface area contributed by atoms with Crippen LogP contribution in [0.2, 0.25) is 0 Å². The zero-order valence-corrected chi connectivity index (χ0v) is 15.7. The minimum atomic E-state index is -0.426. The molecule has 0 aromatic heterocycles. The summed E-state index contributed by atoms with van der Waals surface area (Å²) in [6, 6.07) is 1.19. The Morgan fingerprint density at radius 2 is 1.91 bits per heavy atom. The van der Waals surface area contributed by atoms with Crippen molar-refractivity contribution in [3.05, 3.63) is 0 Å². The average molecular weight is 325 g/mol. The van der Waals surface area contributed by atoms with Crippen LogP contribution in [0.1, 0.15) is 79.6 Å². The third-order valence-electron chi connectivity index (χ3n) is 5.22. The molecule has 134 valence electrons. The van der Waals surface area contributed by atoms with Gasteiger partial charge in [0.15, 0.2) is 0 Å². The van der Waals surface area contributed by atoms with E-state index in [0.29, 0.717) is 23.4 Å². The third-order valence-corrected chi connectivity index (χ3v) is 5.22. The number of carbonyl (C=O) groups excluding carboxylic acids is 1. The van der Waals surface area contributed by atoms with Crippen LogP contribution in [-0.4, -0.2) is 30.3 Å². The zero-order chi connectivity index (χ0) is 17.1. The molecule has 0 saturated heterocycles. The van der Waals surface area contributed by atoms with Crippen molar-refractivity contribution in [3.8, 4) is 0 Å². The highest BCUT2D eigenvalue weighted by molar-refractivity contribution is 5.67. The summed E-state index contributed by atoms with van der Waals surface area (Å²) < 4.78 is 5.34. The second kappa shape index (κ2) is 7.42. The Kier molecular flexibility index (Phi) is 5.99. The molecule has 0 aromatic carbocycles. The van der Waals surface area contributed by atoms with Gasteiger partial charge in [-0.2, -0.15) is 0 Å². The SMILES string of the molecule is CC1(C)CCCC(NC2CCCC2CNC(=O)OC(C)(C)C)C1. The van der Waals surface area contributed by atoms with Crippen molar-refractivity contribution in [2.75, 3.05) is 6.54 Å². The predicted molar refractivity (Wildman–Crippen MR) is 94.5 cm³/mol. The Bertz CT molecular complexity index is 401. The van der Waals surface area contributed by atoms with Crippen LogP contribution in [0.15, 0.2) is 0 Å². The highest BCUT2D eigenvalue weighted by Gasteiger charge is 2.33. The third kappa shape index (κ3) is 6.33. The first-order valence-corrected chi connectivity index (χ1v) is 9.37. The van der Waals surface area contributed by atoms with Gasteiger partial charge in [0.2, 0.25) is 0 Å². The first-order chi connectivity index (χ1) is 10.6. The lowest BCUT2D eigenvalue weighted by Gasteiger charge is -2.38. The van der Waals surface area contributed by atoms with Crippen LogP contribution in [0.25, 0.3) is 0 Å². The Hall–Kier alpha value is -0.770. The number of hydrogen-bond acceptors (Lipinski definition) is 3. The lowest BCUT2D eigenvalue weighted by Crippen LogP contribution is -2.47. The molecule has 0 spiro atoms. The van der Waals surface area contributed by atoms with E-state index >= 15 is 0 Å². The van der Waals surface area contributed by atoms with Crippen molar-refractivity contribution in [1.29, 1.82) is 0 Å². The molecular formula is C19H36N2O2. The molecule has 2 fully saturated rings. The summed E-state index contributed by atoms with van der Waals surface area (Å²) in [6.07, 6.45) is 8.65. The van der Waals surface area contributed by atoms with Gasteiger partial charge in [-0.1, -0.05) is 26.7 Å². The largest absolute Gasteiger partial charge is 0.444 e. The molecule has 1 amide bonds. The predicted octanol–water partition coefficient (Wildman–Crippen LogP) is 4.24. The Morgan fingerprint density at radius 1 is 1.17 bits per heavy atom. The number of rotatable bonds is 4. The average Bonchev–Trinajstić information content (AvgIpc) is 2.80. The van der Waals surface area contributed by atoms with Gasteiger partial charge in [-0.15, -0.1) is 0 Å². The molecule has 0 heterocycles. The highest BCUT2D eigenvalue weighted by Crippen LogP contribution is 2.36. The summed E-state index contributed by atoms with van der Waals surface area (Å²) in [4.78, 5) is 11.8. The fraction of sp³-hybridized carbons (Fsp3) is 0.947. The normalized spacial score (nSPS) is 30.9. The first kappa shape index (κ1) is 18.6. The lowest BCUT2D eigenvalue weighted by atomic mass is 9.75. The molecule has 3 unspecified atom stereocenters. The number of amides is 1. The van der Waals surface area contributed by atoms with Crippen molar-refractivity contribution >= 4 is 6.09 Å². The molecule has 0 radical (unpaired) electrons. The van der Waals surface area contributed by atoms with E-state index in [4.69, 9.17) is 4.74 Å². The van der Waals surface area contributed by atoms with E-state index in [0.717, 1.165) is 6.54 Å². The van der Waals surface area contributed by atoms with E-state index in [1.807, 2.05) is 20.8 Å². The maximum Gasteiger partial charge on any atom is 0.407 e. The van der Waals surface area contributed by atoms with Crippen molar-refractivity contribution in [2.45, 2.75) is 97.2 Å². The Morgan fingerprint density at radius 3 is 2.57 bits per heavy atom. The lowest BCUT2D eigenvalue weighted by molar-refractivity contribution is 0.0516. The summed E-state index contributed by atoms with van der Waals surface area (Å²) in [5.41, 5.74) is 0.0455. The summed E-state index contributed by atoms with van der Waals surface area (Å²) in [6.45, 7) is 11.2. The molecule has 2 saturated carbocycles. The monoisotopic (exact) mass is 324 g/mol. The van der Waals surface area contributed by atoms with Crippen LogP contribution in [0.4, 0.5) is 4.79 Å². The molecule has 0 aliphatic heterocycles. The first-order valence-electron chi connectivity index (χ1n) is 9.37. The summed E-state index contributed by atoms with van der Waals surface area (Å²) in [7, 11) is 0. The van der Waals surface area contributed by atoms with Gasteiger partial charge < -0.3 is 15.4 Å². The fourth-order valence-corrected chi connectivity index (χ4v) is 4.17. The van der Waals surface area contributed by atoms with Gasteiger partial charge in [0.05, 0.1) is 0 Å². The molecule has 4 heteroatoms. The molecule has 0 aromatic rings. The fourth-order valence-electron chi connectivity index (χ4n) is 4.17. The maximum absolute atomic E-state index is 11.8. The molecule has 2 rings (SSSR count). The van der Waals surface area contributed by atoms with E-state index in [1.54, 1.807) is 0 Å². The van der Waals surface area contributed by atoms with Crippen molar-refractivity contribution in [2.24, 2.45) is 11.3 Å². The number of alkyl carbamates (subject to hydrolysis) is 1. The molecule has 3 atom stereocenters. The summed E-state index contributed by atoms with van der Waals surface area (Å²) in [5.74, 6) is 0.535. The van der Waals surface area contributed by atoms with Gasteiger partial charge in [0.1, 0.15) is 5.60 Å². The van der Waals surface area contributed by atoms with Crippen LogP contribution in [-0.2, 0) is 4.74 Å². The van der Waals surface area contributed by atoms with Crippen LogP contribution >= 0.6 is 0 Å². The quantitative estimate of drug-likeness (QED) is 0.813. The van der Waals surface area contributed by atoms with Gasteiger partial charge in [-0.25, -0.2) is 4.79 Å². The van der Waals surface area contributed by atoms with Gasteiger partial charge in [0, 0.05) is 18.6 Å². The standard InChI is InChI=1S/C19H36N2O2/c1-18(2,3)23-17(22)20-13-14-8-6-10-16(14)21-15-9-7-11-19(4,5)12-15/h14-16,21H,6-13H2,1-5H3,(H,20,22). The maximum atomic E-state index is 11.8. The molecule has 2 aliphatic rings. The highest BCUT2D eigenvalue weighted by atomic mass is 16.6. The van der Waals surface area contributed by atoms with Crippen LogP contribution in [0, 0.1) is 11.3 Å². The second-order valence-electron chi connectivity index (χ2n) is 9.30. The molecule has 2 N–H and O–H groups in total. The van der Waals surface area contributed by atoms with Crippen molar-refractivity contribution < 1.29 is 9.53 Å². The van der Waals surface area contributed by atoms with Crippen LogP contribution < -0.4 is 10.6 Å². The van der Waals surface area contributed by atoms with E-state index in [9.17, 15) is 4.79 Å². The van der Waals surface area contributed by atoms with Crippen LogP contribution in [0.3, 0.4) is 0 Å². The number of ether oxygens (including phenoxy) is 1. The number of nitrogens with one attached hydrogen (secondary N) is 2. The second-order valence-corrected chi connectivity index (χ2v) is 9.30. The number of carbonyl (C=O) groups is 1. The van der Waals surface area contributed by atoms with Gasteiger partial charge >= 0.3 is 6.09 Å². The minimum absolute atomic E-state index is 0.290. The minimum Gasteiger partial charge on any atom is -0.444 e. The van der Waals surface area contributed by atoms with E-state index in [-0.39, 0.29) is 6.09 Å². The van der Waals surface area contributed by atoms with Crippen molar-refractivity contribution in [1.82, 2.24) is 10.6 Å². The van der Waals surface area contributed by atoms with Gasteiger partial charge in [0.25, 0.3) is 0 Å². The van der Waals surface area contributed by atoms with E-state index < -0.39 is 5.60 Å². The summed E-state index contributed by atoms with van der Waals surface area (Å²) >= 11 is 0. The van der Waals surface area contributed by atoms with Gasteiger partial charge in [-0.05, 0) is 64.2 Å². The topological polar surface area (TPSA) is 50.4 Å². The Balaban J connectivity index is 1.78. The number of hydrogen-bond donors (Lipinski definition) is 2.